The number of hydrogen-bond acceptors (Lipinski definition) is 7. The molecule has 8 nitrogen and oxygen atoms in total. The van der Waals surface area contributed by atoms with Crippen molar-refractivity contribution >= 4 is 39.5 Å². The van der Waals surface area contributed by atoms with Crippen molar-refractivity contribution < 1.29 is 24.5 Å². The fourth-order valence-electron chi connectivity index (χ4n) is 5.61. The molecule has 8 aromatic rings. The second-order valence-corrected chi connectivity index (χ2v) is 14.2. The Kier molecular flexibility index (Phi) is 12.6. The van der Waals surface area contributed by atoms with Crippen molar-refractivity contribution in [2.45, 2.75) is 59.3 Å². The average molecular weight is 891 g/mol. The van der Waals surface area contributed by atoms with Gasteiger partial charge in [-0.1, -0.05) is 107 Å². The van der Waals surface area contributed by atoms with E-state index in [0.29, 0.717) is 11.9 Å². The first-order chi connectivity index (χ1) is 25.6. The Hall–Kier alpha value is -5.50. The summed E-state index contributed by atoms with van der Waals surface area (Å²) in [6.45, 7) is 17.7. The number of pyridine rings is 1. The number of hydrogen-bond donors (Lipinski definition) is 0. The molecular formula is C45H44IrN7O. The standard InChI is InChI=1S/C26H29N6.C17H10NO.C2H5.Ir/c1-25(2,3)21-28-22(26(4,5)6)30-23(29-21)32(20-15-11-8-12-16-20)24-27-17-18-31(24)19-13-9-7-10-14-19;1-2-10-16-12(6-1)13-7-5-8-14(17(13)19-16)15-9-3-4-11-18-15;1-2;/h7-15,17-18H,1-6H3;1-7,9-11H;1H2,2H3;/q3*-1;+3. The maximum absolute atomic E-state index is 5.97. The van der Waals surface area contributed by atoms with Crippen LogP contribution in [0.1, 0.15) is 60.1 Å². The van der Waals surface area contributed by atoms with Crippen LogP contribution in [0.3, 0.4) is 0 Å². The first-order valence-electron chi connectivity index (χ1n) is 17.6. The van der Waals surface area contributed by atoms with Crippen LogP contribution in [0.2, 0.25) is 0 Å². The molecule has 0 spiro atoms. The molecule has 0 unspecified atom stereocenters. The minimum Gasteiger partial charge on any atom is -0.501 e. The number of aromatic nitrogens is 6. The first kappa shape index (κ1) is 39.7. The third-order valence-corrected chi connectivity index (χ3v) is 8.21. The number of nitrogens with zero attached hydrogens (tertiary/aromatic N) is 7. The van der Waals surface area contributed by atoms with Gasteiger partial charge in [0.2, 0.25) is 11.9 Å². The molecule has 8 rings (SSSR count). The normalized spacial score (nSPS) is 11.2. The number of anilines is 3. The van der Waals surface area contributed by atoms with E-state index in [-0.39, 0.29) is 30.9 Å². The van der Waals surface area contributed by atoms with E-state index < -0.39 is 0 Å². The van der Waals surface area contributed by atoms with E-state index in [9.17, 15) is 0 Å². The number of imidazole rings is 1. The van der Waals surface area contributed by atoms with Gasteiger partial charge in [-0.25, -0.2) is 9.97 Å². The van der Waals surface area contributed by atoms with E-state index >= 15 is 0 Å². The summed E-state index contributed by atoms with van der Waals surface area (Å²) in [5.74, 6) is 2.70. The van der Waals surface area contributed by atoms with Crippen molar-refractivity contribution in [1.82, 2.24) is 29.5 Å². The second-order valence-electron chi connectivity index (χ2n) is 14.2. The number of benzene rings is 4. The minimum absolute atomic E-state index is 0. The molecule has 4 heterocycles. The fourth-order valence-corrected chi connectivity index (χ4v) is 5.61. The van der Waals surface area contributed by atoms with Crippen molar-refractivity contribution in [2.75, 3.05) is 4.90 Å². The van der Waals surface area contributed by atoms with Crippen molar-refractivity contribution in [1.29, 1.82) is 0 Å². The van der Waals surface area contributed by atoms with Crippen molar-refractivity contribution in [3.63, 3.8) is 0 Å². The van der Waals surface area contributed by atoms with Gasteiger partial charge in [0.05, 0.1) is 5.58 Å². The van der Waals surface area contributed by atoms with Gasteiger partial charge < -0.3 is 16.3 Å². The fraction of sp³-hybridized carbons (Fsp3) is 0.200. The van der Waals surface area contributed by atoms with E-state index in [0.717, 1.165) is 56.2 Å². The second kappa shape index (κ2) is 17.1. The summed E-state index contributed by atoms with van der Waals surface area (Å²) in [5, 5.41) is 2.23. The maximum atomic E-state index is 5.97. The van der Waals surface area contributed by atoms with Gasteiger partial charge in [0, 0.05) is 40.5 Å². The summed E-state index contributed by atoms with van der Waals surface area (Å²) in [6.07, 6.45) is 5.51. The topological polar surface area (TPSA) is 85.8 Å². The molecule has 0 atom stereocenters. The molecule has 0 N–H and O–H groups in total. The SMILES string of the molecule is CC(C)(C)c1nc(N(c2[c-]cccc2)c2nccn2-c2ccccc2)nc(C(C)(C)C)n1.[CH2-]C.[Ir+3].[c-]1ccc2c(oc3ccccc32)c1-c1ccccn1. The molecule has 0 radical (unpaired) electrons. The van der Waals surface area contributed by atoms with Crippen molar-refractivity contribution in [2.24, 2.45) is 0 Å². The third kappa shape index (κ3) is 8.65. The predicted molar refractivity (Wildman–Crippen MR) is 215 cm³/mol. The summed E-state index contributed by atoms with van der Waals surface area (Å²) in [7, 11) is 0. The van der Waals surface area contributed by atoms with Gasteiger partial charge in [-0.05, 0) is 30.0 Å². The van der Waals surface area contributed by atoms with E-state index in [1.807, 2.05) is 119 Å². The summed E-state index contributed by atoms with van der Waals surface area (Å²) in [4.78, 5) is 25.7. The maximum Gasteiger partial charge on any atom is 3.00 e. The molecule has 0 saturated heterocycles. The molecule has 0 bridgehead atoms. The van der Waals surface area contributed by atoms with Gasteiger partial charge in [-0.3, -0.25) is 9.47 Å². The van der Waals surface area contributed by atoms with Crippen LogP contribution >= 0.6 is 0 Å². The van der Waals surface area contributed by atoms with Crippen molar-refractivity contribution in [3.05, 3.63) is 158 Å². The summed E-state index contributed by atoms with van der Waals surface area (Å²) in [6, 6.07) is 42.3. The molecular weight excluding hydrogens is 847 g/mol. The van der Waals surface area contributed by atoms with Crippen LogP contribution in [0.5, 0.6) is 0 Å². The molecule has 9 heteroatoms. The molecule has 274 valence electrons. The van der Waals surface area contributed by atoms with Gasteiger partial charge in [0.25, 0.3) is 0 Å². The zero-order valence-electron chi connectivity index (χ0n) is 31.7. The van der Waals surface area contributed by atoms with Crippen LogP contribution in [-0.4, -0.2) is 29.5 Å². The van der Waals surface area contributed by atoms with E-state index in [1.165, 1.54) is 0 Å². The predicted octanol–water partition coefficient (Wildman–Crippen LogP) is 11.2. The molecule has 4 aromatic heterocycles. The van der Waals surface area contributed by atoms with Crippen LogP contribution in [-0.2, 0) is 30.9 Å². The Labute approximate surface area is 331 Å². The molecule has 0 aliphatic rings. The van der Waals surface area contributed by atoms with Gasteiger partial charge in [0.15, 0.2) is 0 Å². The Bertz CT molecular complexity index is 2360. The minimum atomic E-state index is -0.237. The Morgan fingerprint density at radius 3 is 1.96 bits per heavy atom. The zero-order valence-corrected chi connectivity index (χ0v) is 34.1. The molecule has 0 fully saturated rings. The van der Waals surface area contributed by atoms with Crippen LogP contribution < -0.4 is 4.90 Å². The molecule has 4 aromatic carbocycles. The molecule has 0 aliphatic heterocycles. The monoisotopic (exact) mass is 891 g/mol. The average Bonchev–Trinajstić information content (AvgIpc) is 3.82. The molecule has 0 aliphatic carbocycles. The number of para-hydroxylation sites is 3. The quantitative estimate of drug-likeness (QED) is 0.159. The van der Waals surface area contributed by atoms with E-state index in [4.69, 9.17) is 24.4 Å². The van der Waals surface area contributed by atoms with E-state index in [2.05, 4.69) is 71.6 Å². The smallest absolute Gasteiger partial charge is 0.501 e. The van der Waals surface area contributed by atoms with Gasteiger partial charge in [-0.15, -0.1) is 24.3 Å². The molecule has 54 heavy (non-hydrogen) atoms. The van der Waals surface area contributed by atoms with E-state index in [1.54, 1.807) is 19.3 Å². The van der Waals surface area contributed by atoms with Gasteiger partial charge in [-0.2, -0.15) is 41.2 Å². The Morgan fingerprint density at radius 2 is 1.31 bits per heavy atom. The van der Waals surface area contributed by atoms with Crippen LogP contribution in [0.15, 0.2) is 132 Å². The van der Waals surface area contributed by atoms with Crippen LogP contribution in [0.4, 0.5) is 17.6 Å². The zero-order chi connectivity index (χ0) is 37.6. The Balaban J connectivity index is 0.000000216. The number of furan rings is 1. The van der Waals surface area contributed by atoms with Crippen molar-refractivity contribution in [3.8, 4) is 16.9 Å². The summed E-state index contributed by atoms with van der Waals surface area (Å²) >= 11 is 0. The third-order valence-electron chi connectivity index (χ3n) is 8.21. The summed E-state index contributed by atoms with van der Waals surface area (Å²) < 4.78 is 7.99. The van der Waals surface area contributed by atoms with Gasteiger partial charge >= 0.3 is 20.1 Å². The number of fused-ring (bicyclic) bond motifs is 3. The van der Waals surface area contributed by atoms with Crippen LogP contribution in [0.25, 0.3) is 38.9 Å². The van der Waals surface area contributed by atoms with Gasteiger partial charge in [0.1, 0.15) is 17.2 Å². The molecule has 0 saturated carbocycles. The Morgan fingerprint density at radius 1 is 0.648 bits per heavy atom. The van der Waals surface area contributed by atoms with Crippen LogP contribution in [0, 0.1) is 19.1 Å². The largest absolute Gasteiger partial charge is 3.00 e. The first-order valence-corrected chi connectivity index (χ1v) is 17.6. The summed E-state index contributed by atoms with van der Waals surface area (Å²) in [5.41, 5.74) is 4.87. The molecule has 0 amide bonds. The number of rotatable bonds is 5.